The third-order valence-electron chi connectivity index (χ3n) is 8.19. The van der Waals surface area contributed by atoms with Crippen LogP contribution in [0.15, 0.2) is 12.3 Å². The second-order valence-corrected chi connectivity index (χ2v) is 11.4. The molecular weight excluding hydrogens is 444 g/mol. The highest BCUT2D eigenvalue weighted by Crippen LogP contribution is 2.56. The van der Waals surface area contributed by atoms with Crippen LogP contribution in [-0.4, -0.2) is 63.9 Å². The van der Waals surface area contributed by atoms with Gasteiger partial charge in [0, 0.05) is 31.4 Å². The second kappa shape index (κ2) is 8.01. The molecule has 0 aromatic carbocycles. The van der Waals surface area contributed by atoms with Crippen molar-refractivity contribution in [2.75, 3.05) is 18.4 Å². The van der Waals surface area contributed by atoms with Crippen LogP contribution in [0, 0.1) is 17.8 Å². The summed E-state index contributed by atoms with van der Waals surface area (Å²) in [5, 5.41) is 17.5. The quantitative estimate of drug-likeness (QED) is 0.605. The van der Waals surface area contributed by atoms with Gasteiger partial charge in [-0.2, -0.15) is 0 Å². The van der Waals surface area contributed by atoms with Crippen LogP contribution >= 0.6 is 11.6 Å². The zero-order chi connectivity index (χ0) is 22.7. The lowest BCUT2D eigenvalue weighted by Crippen LogP contribution is -2.58. The molecule has 2 heterocycles. The number of anilines is 1. The first kappa shape index (κ1) is 21.5. The number of amides is 2. The molecule has 1 aliphatic heterocycles. The van der Waals surface area contributed by atoms with Gasteiger partial charge in [0.1, 0.15) is 11.9 Å². The fraction of sp³-hybridized carbons (Fsp3) is 0.708. The molecular formula is C24H31ClN4O4. The lowest BCUT2D eigenvalue weighted by atomic mass is 9.53. The maximum Gasteiger partial charge on any atom is 0.410 e. The molecule has 2 amide bonds. The van der Waals surface area contributed by atoms with Crippen LogP contribution in [0.5, 0.6) is 0 Å². The Hall–Kier alpha value is -2.06. The van der Waals surface area contributed by atoms with Gasteiger partial charge in [-0.1, -0.05) is 11.6 Å². The number of hydrogen-bond donors (Lipinski definition) is 3. The van der Waals surface area contributed by atoms with Crippen molar-refractivity contribution in [2.45, 2.75) is 75.2 Å². The average Bonchev–Trinajstić information content (AvgIpc) is 3.44. The molecule has 5 saturated carbocycles. The summed E-state index contributed by atoms with van der Waals surface area (Å²) >= 11 is 6.09. The Balaban J connectivity index is 1.07. The molecule has 33 heavy (non-hydrogen) atoms. The van der Waals surface area contributed by atoms with E-state index in [9.17, 15) is 14.7 Å². The number of aliphatic hydroxyl groups is 1. The highest BCUT2D eigenvalue weighted by molar-refractivity contribution is 6.31. The normalized spacial score (nSPS) is 36.7. The molecule has 178 valence electrons. The highest BCUT2D eigenvalue weighted by Gasteiger charge is 2.56. The van der Waals surface area contributed by atoms with Crippen LogP contribution in [0.25, 0.3) is 0 Å². The van der Waals surface area contributed by atoms with Gasteiger partial charge >= 0.3 is 6.09 Å². The lowest BCUT2D eigenvalue weighted by Gasteiger charge is -2.57. The maximum absolute atomic E-state index is 13.0. The van der Waals surface area contributed by atoms with Crippen LogP contribution in [0.1, 0.15) is 61.7 Å². The van der Waals surface area contributed by atoms with Crippen molar-refractivity contribution in [1.29, 1.82) is 0 Å². The lowest BCUT2D eigenvalue weighted by molar-refractivity contribution is -0.177. The molecule has 1 aromatic rings. The first-order valence-electron chi connectivity index (χ1n) is 12.3. The molecule has 1 aromatic heterocycles. The molecule has 9 heteroatoms. The van der Waals surface area contributed by atoms with Crippen LogP contribution in [0.3, 0.4) is 0 Å². The fourth-order valence-electron chi connectivity index (χ4n) is 6.77. The Labute approximate surface area is 198 Å². The largest absolute Gasteiger partial charge is 0.446 e. The summed E-state index contributed by atoms with van der Waals surface area (Å²) in [6.45, 7) is 1.10. The van der Waals surface area contributed by atoms with Gasteiger partial charge in [0.15, 0.2) is 0 Å². The summed E-state index contributed by atoms with van der Waals surface area (Å²) in [5.74, 6) is 1.47. The van der Waals surface area contributed by atoms with Crippen LogP contribution in [0.4, 0.5) is 10.6 Å². The number of carbonyl (C=O) groups excluding carboxylic acids is 2. The summed E-state index contributed by atoms with van der Waals surface area (Å²) < 4.78 is 6.03. The number of nitrogens with zero attached hydrogens (tertiary/aromatic N) is 2. The summed E-state index contributed by atoms with van der Waals surface area (Å²) in [4.78, 5) is 31.7. The minimum atomic E-state index is -0.531. The van der Waals surface area contributed by atoms with E-state index in [-0.39, 0.29) is 42.0 Å². The Morgan fingerprint density at radius 2 is 1.91 bits per heavy atom. The molecule has 3 N–H and O–H groups in total. The predicted molar refractivity (Wildman–Crippen MR) is 122 cm³/mol. The van der Waals surface area contributed by atoms with E-state index in [0.29, 0.717) is 35.4 Å². The van der Waals surface area contributed by atoms with Gasteiger partial charge in [-0.3, -0.25) is 4.79 Å². The summed E-state index contributed by atoms with van der Waals surface area (Å²) in [7, 11) is 0. The SMILES string of the molecule is O=C(NC1CC1)c1cc(Cl)cnc1NC1CCN(C(=O)OC2C3CC4C[C@@H]2CC(O)(C4)C3)C1. The van der Waals surface area contributed by atoms with E-state index in [1.165, 1.54) is 6.20 Å². The van der Waals surface area contributed by atoms with Crippen molar-refractivity contribution in [1.82, 2.24) is 15.2 Å². The van der Waals surface area contributed by atoms with Gasteiger partial charge in [-0.25, -0.2) is 9.78 Å². The summed E-state index contributed by atoms with van der Waals surface area (Å²) in [6, 6.07) is 1.86. The van der Waals surface area contributed by atoms with E-state index in [0.717, 1.165) is 51.4 Å². The second-order valence-electron chi connectivity index (χ2n) is 10.9. The minimum Gasteiger partial charge on any atom is -0.446 e. The van der Waals surface area contributed by atoms with Crippen molar-refractivity contribution in [3.8, 4) is 0 Å². The van der Waals surface area contributed by atoms with Gasteiger partial charge in [-0.05, 0) is 75.2 Å². The van der Waals surface area contributed by atoms with E-state index in [2.05, 4.69) is 15.6 Å². The van der Waals surface area contributed by atoms with E-state index in [1.54, 1.807) is 11.0 Å². The van der Waals surface area contributed by atoms with Crippen molar-refractivity contribution in [3.05, 3.63) is 22.8 Å². The Morgan fingerprint density at radius 3 is 2.61 bits per heavy atom. The summed E-state index contributed by atoms with van der Waals surface area (Å²) in [5.41, 5.74) is -0.0982. The molecule has 6 atom stereocenters. The van der Waals surface area contributed by atoms with Crippen molar-refractivity contribution < 1.29 is 19.4 Å². The third-order valence-corrected chi connectivity index (χ3v) is 8.40. The predicted octanol–water partition coefficient (Wildman–Crippen LogP) is 3.19. The zero-order valence-electron chi connectivity index (χ0n) is 18.6. The van der Waals surface area contributed by atoms with Gasteiger partial charge in [-0.15, -0.1) is 0 Å². The minimum absolute atomic E-state index is 0.0158. The Kier molecular flexibility index (Phi) is 5.21. The molecule has 0 radical (unpaired) electrons. The third kappa shape index (κ3) is 4.28. The fourth-order valence-corrected chi connectivity index (χ4v) is 6.93. The number of pyridine rings is 1. The topological polar surface area (TPSA) is 104 Å². The highest BCUT2D eigenvalue weighted by atomic mass is 35.5. The number of hydrogen-bond acceptors (Lipinski definition) is 6. The van der Waals surface area contributed by atoms with Gasteiger partial charge in [0.05, 0.1) is 16.2 Å². The van der Waals surface area contributed by atoms with E-state index in [1.807, 2.05) is 0 Å². The van der Waals surface area contributed by atoms with Crippen LogP contribution < -0.4 is 10.6 Å². The number of carbonyl (C=O) groups is 2. The molecule has 8 nitrogen and oxygen atoms in total. The van der Waals surface area contributed by atoms with Crippen LogP contribution in [0.2, 0.25) is 5.02 Å². The Morgan fingerprint density at radius 1 is 1.15 bits per heavy atom. The van der Waals surface area contributed by atoms with E-state index < -0.39 is 5.60 Å². The smallest absolute Gasteiger partial charge is 0.410 e. The zero-order valence-corrected chi connectivity index (χ0v) is 19.4. The molecule has 6 aliphatic rings. The molecule has 5 aliphatic carbocycles. The molecule has 1 saturated heterocycles. The van der Waals surface area contributed by atoms with Gasteiger partial charge in [0.25, 0.3) is 5.91 Å². The average molecular weight is 475 g/mol. The molecule has 4 bridgehead atoms. The van der Waals surface area contributed by atoms with Crippen molar-refractivity contribution >= 4 is 29.4 Å². The number of halogens is 1. The standard InChI is InChI=1S/C24H31ClN4O4/c25-16-7-19(22(30)28-17-1-2-17)21(26-11-16)27-18-3-4-29(12-18)23(31)33-20-14-5-13-6-15(20)10-24(32,8-13)9-14/h7,11,13-15,17-18,20,32H,1-6,8-10,12H2,(H,26,27)(H,28,30)/t13?,14-,15?,18?,20?,24?/m1/s1. The van der Waals surface area contributed by atoms with E-state index >= 15 is 0 Å². The van der Waals surface area contributed by atoms with Crippen LogP contribution in [-0.2, 0) is 4.74 Å². The van der Waals surface area contributed by atoms with Crippen molar-refractivity contribution in [3.63, 3.8) is 0 Å². The number of rotatable bonds is 5. The number of nitrogens with one attached hydrogen (secondary N) is 2. The number of ether oxygens (including phenoxy) is 1. The van der Waals surface area contributed by atoms with E-state index in [4.69, 9.17) is 16.3 Å². The van der Waals surface area contributed by atoms with Crippen molar-refractivity contribution in [2.24, 2.45) is 17.8 Å². The van der Waals surface area contributed by atoms with Gasteiger partial charge < -0.3 is 25.4 Å². The van der Waals surface area contributed by atoms with Gasteiger partial charge in [0.2, 0.25) is 0 Å². The number of likely N-dealkylation sites (tertiary alicyclic amines) is 1. The maximum atomic E-state index is 13.0. The monoisotopic (exact) mass is 474 g/mol. The molecule has 0 spiro atoms. The molecule has 7 rings (SSSR count). The number of aromatic nitrogens is 1. The Bertz CT molecular complexity index is 954. The first-order chi connectivity index (χ1) is 15.8. The summed E-state index contributed by atoms with van der Waals surface area (Å²) in [6.07, 6.45) is 8.52. The molecule has 6 fully saturated rings. The molecule has 5 unspecified atom stereocenters. The first-order valence-corrected chi connectivity index (χ1v) is 12.6.